The van der Waals surface area contributed by atoms with Crippen LogP contribution in [0.4, 0.5) is 0 Å². The average molecular weight is 462 g/mol. The molecule has 0 spiro atoms. The molecule has 1 atom stereocenters. The molecule has 2 saturated heterocycles. The standard InChI is InChI=1S/C22H35N3O3.2ClH/c1-25(20-8-12-27-13-9-20)11-14-28-21-4-2-3-19(15-21)17-24-22(26)6-5-18-7-10-23-16-18;;/h2-4,15,18,20,23H,5-14,16-17H2,1H3,(H,24,26);2*1H. The second-order valence-corrected chi connectivity index (χ2v) is 7.99. The molecule has 0 bridgehead atoms. The second kappa shape index (κ2) is 14.9. The molecule has 1 aromatic rings. The minimum Gasteiger partial charge on any atom is -0.492 e. The predicted octanol–water partition coefficient (Wildman–Crippen LogP) is 3.03. The number of hydrogen-bond acceptors (Lipinski definition) is 5. The molecular formula is C22H37Cl2N3O3. The van der Waals surface area contributed by atoms with Crippen LogP contribution in [0.5, 0.6) is 5.75 Å². The van der Waals surface area contributed by atoms with Gasteiger partial charge < -0.3 is 20.1 Å². The first-order valence-electron chi connectivity index (χ1n) is 10.7. The van der Waals surface area contributed by atoms with Gasteiger partial charge in [-0.15, -0.1) is 24.8 Å². The van der Waals surface area contributed by atoms with Gasteiger partial charge in [-0.2, -0.15) is 0 Å². The van der Waals surface area contributed by atoms with Crippen LogP contribution < -0.4 is 15.4 Å². The minimum atomic E-state index is 0. The van der Waals surface area contributed by atoms with Crippen LogP contribution >= 0.6 is 24.8 Å². The molecule has 1 unspecified atom stereocenters. The highest BCUT2D eigenvalue weighted by Gasteiger charge is 2.18. The Morgan fingerprint density at radius 2 is 2.07 bits per heavy atom. The Bertz CT molecular complexity index is 609. The Morgan fingerprint density at radius 3 is 2.80 bits per heavy atom. The second-order valence-electron chi connectivity index (χ2n) is 7.99. The smallest absolute Gasteiger partial charge is 0.220 e. The van der Waals surface area contributed by atoms with E-state index in [1.807, 2.05) is 24.3 Å². The highest BCUT2D eigenvalue weighted by molar-refractivity contribution is 5.85. The lowest BCUT2D eigenvalue weighted by atomic mass is 10.0. The Kier molecular flexibility index (Phi) is 13.4. The molecule has 2 fully saturated rings. The first kappa shape index (κ1) is 27.0. The lowest BCUT2D eigenvalue weighted by Crippen LogP contribution is -2.38. The van der Waals surface area contributed by atoms with E-state index in [0.29, 0.717) is 31.5 Å². The summed E-state index contributed by atoms with van der Waals surface area (Å²) < 4.78 is 11.4. The van der Waals surface area contributed by atoms with Crippen molar-refractivity contribution in [3.8, 4) is 5.75 Å². The molecule has 3 rings (SSSR count). The van der Waals surface area contributed by atoms with Gasteiger partial charge in [0.1, 0.15) is 12.4 Å². The maximum atomic E-state index is 12.1. The fraction of sp³-hybridized carbons (Fsp3) is 0.682. The van der Waals surface area contributed by atoms with Crippen LogP contribution in [0, 0.1) is 5.92 Å². The summed E-state index contributed by atoms with van der Waals surface area (Å²) in [7, 11) is 2.16. The number of nitrogens with one attached hydrogen (secondary N) is 2. The van der Waals surface area contributed by atoms with Crippen molar-refractivity contribution in [3.05, 3.63) is 29.8 Å². The summed E-state index contributed by atoms with van der Waals surface area (Å²) >= 11 is 0. The molecule has 172 valence electrons. The van der Waals surface area contributed by atoms with E-state index in [1.54, 1.807) is 0 Å². The summed E-state index contributed by atoms with van der Waals surface area (Å²) in [6.45, 7) is 5.99. The predicted molar refractivity (Wildman–Crippen MR) is 125 cm³/mol. The van der Waals surface area contributed by atoms with E-state index in [4.69, 9.17) is 9.47 Å². The van der Waals surface area contributed by atoms with Crippen LogP contribution in [-0.4, -0.2) is 63.4 Å². The monoisotopic (exact) mass is 461 g/mol. The van der Waals surface area contributed by atoms with Gasteiger partial charge in [0.05, 0.1) is 0 Å². The maximum absolute atomic E-state index is 12.1. The van der Waals surface area contributed by atoms with E-state index in [9.17, 15) is 4.79 Å². The normalized spacial score (nSPS) is 19.1. The zero-order valence-electron chi connectivity index (χ0n) is 17.9. The summed E-state index contributed by atoms with van der Waals surface area (Å²) in [5.41, 5.74) is 1.08. The zero-order valence-corrected chi connectivity index (χ0v) is 19.6. The van der Waals surface area contributed by atoms with Crippen LogP contribution in [0.25, 0.3) is 0 Å². The van der Waals surface area contributed by atoms with Gasteiger partial charge in [0.25, 0.3) is 0 Å². The fourth-order valence-corrected chi connectivity index (χ4v) is 3.95. The van der Waals surface area contributed by atoms with Gasteiger partial charge in [0.2, 0.25) is 5.91 Å². The number of carbonyl (C=O) groups is 1. The van der Waals surface area contributed by atoms with Gasteiger partial charge in [-0.25, -0.2) is 0 Å². The van der Waals surface area contributed by atoms with E-state index in [-0.39, 0.29) is 30.7 Å². The van der Waals surface area contributed by atoms with Crippen molar-refractivity contribution in [2.45, 2.75) is 44.7 Å². The number of rotatable bonds is 10. The van der Waals surface area contributed by atoms with E-state index < -0.39 is 0 Å². The van der Waals surface area contributed by atoms with E-state index in [0.717, 1.165) is 63.4 Å². The van der Waals surface area contributed by atoms with Crippen LogP contribution in [0.2, 0.25) is 0 Å². The summed E-state index contributed by atoms with van der Waals surface area (Å²) in [5, 5.41) is 6.38. The SMILES string of the molecule is CN(CCOc1cccc(CNC(=O)CCC2CCNC2)c1)C1CCOCC1.Cl.Cl. The summed E-state index contributed by atoms with van der Waals surface area (Å²) in [5.74, 6) is 1.65. The fourth-order valence-electron chi connectivity index (χ4n) is 3.95. The summed E-state index contributed by atoms with van der Waals surface area (Å²) in [4.78, 5) is 14.4. The molecule has 2 N–H and O–H groups in total. The topological polar surface area (TPSA) is 62.8 Å². The van der Waals surface area contributed by atoms with Crippen molar-refractivity contribution in [2.75, 3.05) is 46.5 Å². The van der Waals surface area contributed by atoms with Gasteiger partial charge in [-0.1, -0.05) is 12.1 Å². The van der Waals surface area contributed by atoms with Crippen molar-refractivity contribution in [2.24, 2.45) is 5.92 Å². The average Bonchev–Trinajstić information content (AvgIpc) is 3.25. The molecule has 1 amide bonds. The molecule has 6 nitrogen and oxygen atoms in total. The number of benzene rings is 1. The Labute approximate surface area is 193 Å². The first-order chi connectivity index (χ1) is 13.7. The number of nitrogens with zero attached hydrogens (tertiary/aromatic N) is 1. The molecule has 8 heteroatoms. The van der Waals surface area contributed by atoms with Crippen molar-refractivity contribution in [1.29, 1.82) is 0 Å². The van der Waals surface area contributed by atoms with Crippen LogP contribution in [0.1, 0.15) is 37.7 Å². The summed E-state index contributed by atoms with van der Waals surface area (Å²) in [6.07, 6.45) is 4.98. The molecule has 2 aliphatic rings. The zero-order chi connectivity index (χ0) is 19.6. The lowest BCUT2D eigenvalue weighted by Gasteiger charge is -2.31. The molecule has 0 saturated carbocycles. The van der Waals surface area contributed by atoms with Gasteiger partial charge in [-0.3, -0.25) is 9.69 Å². The van der Waals surface area contributed by atoms with E-state index >= 15 is 0 Å². The summed E-state index contributed by atoms with van der Waals surface area (Å²) in [6, 6.07) is 8.62. The number of hydrogen-bond donors (Lipinski definition) is 2. The Balaban J connectivity index is 0.00000225. The molecule has 1 aromatic carbocycles. The highest BCUT2D eigenvalue weighted by Crippen LogP contribution is 2.16. The highest BCUT2D eigenvalue weighted by atomic mass is 35.5. The van der Waals surface area contributed by atoms with Gasteiger partial charge in [0.15, 0.2) is 0 Å². The third-order valence-corrected chi connectivity index (χ3v) is 5.86. The molecule has 2 aliphatic heterocycles. The quantitative estimate of drug-likeness (QED) is 0.560. The van der Waals surface area contributed by atoms with Gasteiger partial charge in [0, 0.05) is 38.8 Å². The third kappa shape index (κ3) is 9.40. The molecule has 0 radical (unpaired) electrons. The van der Waals surface area contributed by atoms with Crippen LogP contribution in [0.15, 0.2) is 24.3 Å². The van der Waals surface area contributed by atoms with Crippen molar-refractivity contribution in [3.63, 3.8) is 0 Å². The molecule has 2 heterocycles. The van der Waals surface area contributed by atoms with E-state index in [1.165, 1.54) is 6.42 Å². The van der Waals surface area contributed by atoms with Crippen molar-refractivity contribution in [1.82, 2.24) is 15.5 Å². The molecule has 0 aromatic heterocycles. The van der Waals surface area contributed by atoms with Gasteiger partial charge in [-0.05, 0) is 69.4 Å². The first-order valence-corrected chi connectivity index (χ1v) is 10.7. The van der Waals surface area contributed by atoms with Crippen molar-refractivity contribution >= 4 is 30.7 Å². The molecule has 30 heavy (non-hydrogen) atoms. The molecular weight excluding hydrogens is 425 g/mol. The minimum absolute atomic E-state index is 0. The molecule has 0 aliphatic carbocycles. The number of ether oxygens (including phenoxy) is 2. The van der Waals surface area contributed by atoms with Gasteiger partial charge >= 0.3 is 0 Å². The van der Waals surface area contributed by atoms with E-state index in [2.05, 4.69) is 22.6 Å². The largest absolute Gasteiger partial charge is 0.492 e. The number of likely N-dealkylation sites (N-methyl/N-ethyl adjacent to an activating group) is 1. The Hall–Kier alpha value is -1.05. The number of halogens is 2. The number of carbonyl (C=O) groups excluding carboxylic acids is 1. The third-order valence-electron chi connectivity index (χ3n) is 5.86. The van der Waals surface area contributed by atoms with Crippen LogP contribution in [-0.2, 0) is 16.1 Å². The van der Waals surface area contributed by atoms with Crippen molar-refractivity contribution < 1.29 is 14.3 Å². The lowest BCUT2D eigenvalue weighted by molar-refractivity contribution is -0.121. The maximum Gasteiger partial charge on any atom is 0.220 e. The van der Waals surface area contributed by atoms with Crippen LogP contribution in [0.3, 0.4) is 0 Å². The Morgan fingerprint density at radius 1 is 1.27 bits per heavy atom. The number of amides is 1.